The van der Waals surface area contributed by atoms with Crippen LogP contribution in [0.1, 0.15) is 44.3 Å². The summed E-state index contributed by atoms with van der Waals surface area (Å²) in [4.78, 5) is 21.6. The van der Waals surface area contributed by atoms with Crippen LogP contribution in [0.4, 0.5) is 10.5 Å². The van der Waals surface area contributed by atoms with Crippen molar-refractivity contribution in [2.24, 2.45) is 5.73 Å². The van der Waals surface area contributed by atoms with Gasteiger partial charge in [0.25, 0.3) is 11.5 Å². The van der Waals surface area contributed by atoms with Crippen molar-refractivity contribution in [3.8, 4) is 11.5 Å². The van der Waals surface area contributed by atoms with Crippen LogP contribution in [-0.4, -0.2) is 16.8 Å². The standard InChI is InChI=1S/C14H16N2O6/c1-8(20-13(15)17)9-6-11-12(7-10(9)16(18)19)22-14(21-11)4-2-3-5-14/h6-8H,2-5H2,1H3,(H2,15,17). The number of nitro benzene ring substituents is 1. The van der Waals surface area contributed by atoms with Crippen molar-refractivity contribution in [1.29, 1.82) is 0 Å². The zero-order valence-electron chi connectivity index (χ0n) is 12.0. The molecule has 1 amide bonds. The highest BCUT2D eigenvalue weighted by Crippen LogP contribution is 2.49. The second kappa shape index (κ2) is 5.04. The number of hydrogen-bond donors (Lipinski definition) is 1. The number of ether oxygens (including phenoxy) is 3. The molecule has 1 aromatic carbocycles. The van der Waals surface area contributed by atoms with Gasteiger partial charge in [0.1, 0.15) is 6.10 Å². The minimum absolute atomic E-state index is 0.189. The molecular formula is C14H16N2O6. The topological polar surface area (TPSA) is 114 Å². The van der Waals surface area contributed by atoms with E-state index in [-0.39, 0.29) is 11.3 Å². The quantitative estimate of drug-likeness (QED) is 0.678. The van der Waals surface area contributed by atoms with Gasteiger partial charge in [-0.3, -0.25) is 10.1 Å². The second-order valence-electron chi connectivity index (χ2n) is 5.52. The van der Waals surface area contributed by atoms with Gasteiger partial charge in [-0.05, 0) is 25.8 Å². The van der Waals surface area contributed by atoms with Crippen molar-refractivity contribution in [1.82, 2.24) is 0 Å². The summed E-state index contributed by atoms with van der Waals surface area (Å²) in [5.74, 6) is 0.0776. The van der Waals surface area contributed by atoms with Gasteiger partial charge < -0.3 is 19.9 Å². The van der Waals surface area contributed by atoms with Crippen molar-refractivity contribution < 1.29 is 23.9 Å². The predicted octanol–water partition coefficient (Wildman–Crippen LogP) is 2.79. The molecule has 1 spiro atoms. The molecule has 1 saturated carbocycles. The van der Waals surface area contributed by atoms with Gasteiger partial charge in [0.2, 0.25) is 0 Å². The number of nitro groups is 1. The maximum atomic E-state index is 11.3. The second-order valence-corrected chi connectivity index (χ2v) is 5.52. The van der Waals surface area contributed by atoms with Gasteiger partial charge in [-0.25, -0.2) is 4.79 Å². The Balaban J connectivity index is 1.98. The summed E-state index contributed by atoms with van der Waals surface area (Å²) in [6, 6.07) is 2.81. The van der Waals surface area contributed by atoms with Crippen LogP contribution in [0.3, 0.4) is 0 Å². The molecule has 118 valence electrons. The maximum Gasteiger partial charge on any atom is 0.405 e. The van der Waals surface area contributed by atoms with Gasteiger partial charge in [-0.1, -0.05) is 0 Å². The van der Waals surface area contributed by atoms with E-state index in [1.54, 1.807) is 0 Å². The molecule has 1 heterocycles. The van der Waals surface area contributed by atoms with Crippen LogP contribution in [0.5, 0.6) is 11.5 Å². The molecule has 0 radical (unpaired) electrons. The van der Waals surface area contributed by atoms with E-state index < -0.39 is 22.9 Å². The minimum Gasteiger partial charge on any atom is -0.448 e. The maximum absolute atomic E-state index is 11.3. The van der Waals surface area contributed by atoms with Gasteiger partial charge in [0, 0.05) is 12.8 Å². The lowest BCUT2D eigenvalue weighted by atomic mass is 10.1. The van der Waals surface area contributed by atoms with Gasteiger partial charge in [0.15, 0.2) is 11.5 Å². The molecule has 2 N–H and O–H groups in total. The van der Waals surface area contributed by atoms with E-state index in [1.165, 1.54) is 19.1 Å². The number of carbonyl (C=O) groups excluding carboxylic acids is 1. The molecule has 1 aromatic rings. The first-order valence-corrected chi connectivity index (χ1v) is 7.07. The first kappa shape index (κ1) is 14.4. The Bertz CT molecular complexity index is 638. The number of primary amides is 1. The van der Waals surface area contributed by atoms with Crippen molar-refractivity contribution >= 4 is 11.8 Å². The lowest BCUT2D eigenvalue weighted by molar-refractivity contribution is -0.386. The highest BCUT2D eigenvalue weighted by atomic mass is 16.7. The molecule has 0 saturated heterocycles. The fourth-order valence-corrected chi connectivity index (χ4v) is 2.99. The molecule has 3 rings (SSSR count). The molecule has 8 nitrogen and oxygen atoms in total. The predicted molar refractivity (Wildman–Crippen MR) is 74.6 cm³/mol. The SMILES string of the molecule is CC(OC(N)=O)c1cc2c(cc1[N+](=O)[O-])OC1(CCCC1)O2. The first-order valence-electron chi connectivity index (χ1n) is 7.07. The van der Waals surface area contributed by atoms with E-state index >= 15 is 0 Å². The molecule has 1 aliphatic heterocycles. The van der Waals surface area contributed by atoms with Gasteiger partial charge in [-0.2, -0.15) is 0 Å². The number of carbonyl (C=O) groups is 1. The van der Waals surface area contributed by atoms with E-state index in [2.05, 4.69) is 0 Å². The van der Waals surface area contributed by atoms with Crippen LogP contribution in [0.25, 0.3) is 0 Å². The smallest absolute Gasteiger partial charge is 0.405 e. The van der Waals surface area contributed by atoms with E-state index in [9.17, 15) is 14.9 Å². The molecule has 1 aliphatic carbocycles. The molecular weight excluding hydrogens is 292 g/mol. The third-order valence-corrected chi connectivity index (χ3v) is 3.98. The Morgan fingerprint density at radius 1 is 1.36 bits per heavy atom. The molecule has 0 bridgehead atoms. The van der Waals surface area contributed by atoms with Crippen LogP contribution in [0.2, 0.25) is 0 Å². The van der Waals surface area contributed by atoms with Crippen molar-refractivity contribution in [3.63, 3.8) is 0 Å². The highest BCUT2D eigenvalue weighted by Gasteiger charge is 2.45. The Kier molecular flexibility index (Phi) is 3.31. The first-order chi connectivity index (χ1) is 10.4. The number of benzene rings is 1. The number of hydrogen-bond acceptors (Lipinski definition) is 6. The molecule has 1 unspecified atom stereocenters. The average molecular weight is 308 g/mol. The lowest BCUT2D eigenvalue weighted by Gasteiger charge is -2.21. The van der Waals surface area contributed by atoms with Crippen LogP contribution in [0, 0.1) is 10.1 Å². The Labute approximate surface area is 126 Å². The zero-order chi connectivity index (χ0) is 15.9. The molecule has 1 atom stereocenters. The summed E-state index contributed by atoms with van der Waals surface area (Å²) in [5, 5.41) is 11.3. The van der Waals surface area contributed by atoms with E-state index in [4.69, 9.17) is 19.9 Å². The summed E-state index contributed by atoms with van der Waals surface area (Å²) < 4.78 is 16.5. The van der Waals surface area contributed by atoms with Crippen LogP contribution in [0.15, 0.2) is 12.1 Å². The number of nitrogens with two attached hydrogens (primary N) is 1. The van der Waals surface area contributed by atoms with Crippen molar-refractivity contribution in [2.75, 3.05) is 0 Å². The Morgan fingerprint density at radius 2 is 1.95 bits per heavy atom. The van der Waals surface area contributed by atoms with E-state index in [1.807, 2.05) is 0 Å². The molecule has 22 heavy (non-hydrogen) atoms. The Morgan fingerprint density at radius 3 is 2.50 bits per heavy atom. The largest absolute Gasteiger partial charge is 0.448 e. The van der Waals surface area contributed by atoms with Gasteiger partial charge >= 0.3 is 6.09 Å². The van der Waals surface area contributed by atoms with Crippen LogP contribution < -0.4 is 15.2 Å². The summed E-state index contributed by atoms with van der Waals surface area (Å²) in [6.45, 7) is 1.51. The lowest BCUT2D eigenvalue weighted by Crippen LogP contribution is -2.34. The molecule has 1 fully saturated rings. The van der Waals surface area contributed by atoms with Crippen molar-refractivity contribution in [2.45, 2.75) is 44.5 Å². The fraction of sp³-hybridized carbons (Fsp3) is 0.500. The normalized spacial score (nSPS) is 19.1. The van der Waals surface area contributed by atoms with Gasteiger partial charge in [-0.15, -0.1) is 0 Å². The van der Waals surface area contributed by atoms with E-state index in [0.717, 1.165) is 25.7 Å². The number of fused-ring (bicyclic) bond motifs is 1. The van der Waals surface area contributed by atoms with Crippen molar-refractivity contribution in [3.05, 3.63) is 27.8 Å². The van der Waals surface area contributed by atoms with Crippen LogP contribution >= 0.6 is 0 Å². The number of amides is 1. The minimum atomic E-state index is -0.994. The summed E-state index contributed by atoms with van der Waals surface area (Å²) >= 11 is 0. The average Bonchev–Trinajstić information content (AvgIpc) is 3.02. The zero-order valence-corrected chi connectivity index (χ0v) is 12.0. The highest BCUT2D eigenvalue weighted by molar-refractivity contribution is 5.65. The third kappa shape index (κ3) is 2.40. The molecule has 8 heteroatoms. The fourth-order valence-electron chi connectivity index (χ4n) is 2.99. The Hall–Kier alpha value is -2.51. The summed E-state index contributed by atoms with van der Waals surface area (Å²) in [6.07, 6.45) is 1.63. The summed E-state index contributed by atoms with van der Waals surface area (Å²) in [5.41, 5.74) is 5.01. The van der Waals surface area contributed by atoms with Gasteiger partial charge in [0.05, 0.1) is 16.6 Å². The monoisotopic (exact) mass is 308 g/mol. The molecule has 2 aliphatic rings. The van der Waals surface area contributed by atoms with E-state index in [0.29, 0.717) is 11.5 Å². The molecule has 0 aromatic heterocycles. The number of nitrogens with zero attached hydrogens (tertiary/aromatic N) is 1. The number of rotatable bonds is 3. The van der Waals surface area contributed by atoms with Crippen LogP contribution in [-0.2, 0) is 4.74 Å². The summed E-state index contributed by atoms with van der Waals surface area (Å²) in [7, 11) is 0. The third-order valence-electron chi connectivity index (χ3n) is 3.98.